The van der Waals surface area contributed by atoms with Crippen LogP contribution in [0, 0.1) is 5.92 Å². The van der Waals surface area contributed by atoms with Crippen molar-refractivity contribution in [2.45, 2.75) is 20.3 Å². The van der Waals surface area contributed by atoms with Gasteiger partial charge in [-0.25, -0.2) is 8.42 Å². The van der Waals surface area contributed by atoms with Crippen molar-refractivity contribution in [2.75, 3.05) is 28.5 Å². The Morgan fingerprint density at radius 2 is 2.00 bits per heavy atom. The molecule has 0 aliphatic carbocycles. The number of halogens is 1. The zero-order chi connectivity index (χ0) is 17.9. The van der Waals surface area contributed by atoms with Gasteiger partial charge in [0.25, 0.3) is 0 Å². The van der Waals surface area contributed by atoms with Gasteiger partial charge in [0.2, 0.25) is 10.0 Å². The Morgan fingerprint density at radius 3 is 2.54 bits per heavy atom. The van der Waals surface area contributed by atoms with E-state index >= 15 is 0 Å². The number of anilines is 2. The number of carbonyl (C=O) groups is 2. The summed E-state index contributed by atoms with van der Waals surface area (Å²) in [6.45, 7) is 4.63. The zero-order valence-corrected chi connectivity index (χ0v) is 15.1. The molecule has 0 aromatic heterocycles. The smallest absolute Gasteiger partial charge is 0.313 e. The van der Waals surface area contributed by atoms with Crippen molar-refractivity contribution in [3.8, 4) is 0 Å². The van der Waals surface area contributed by atoms with Crippen LogP contribution in [0.2, 0.25) is 5.02 Å². The lowest BCUT2D eigenvalue weighted by Gasteiger charge is -2.18. The molecule has 1 saturated heterocycles. The Morgan fingerprint density at radius 1 is 1.29 bits per heavy atom. The second kappa shape index (κ2) is 7.40. The van der Waals surface area contributed by atoms with E-state index < -0.39 is 21.8 Å². The van der Waals surface area contributed by atoms with Gasteiger partial charge in [-0.15, -0.1) is 0 Å². The average molecular weight is 374 g/mol. The molecule has 0 saturated carbocycles. The van der Waals surface area contributed by atoms with Crippen molar-refractivity contribution in [1.29, 1.82) is 0 Å². The quantitative estimate of drug-likeness (QED) is 0.783. The molecule has 1 aromatic rings. The van der Waals surface area contributed by atoms with Crippen LogP contribution in [-0.2, 0) is 19.6 Å². The monoisotopic (exact) mass is 373 g/mol. The van der Waals surface area contributed by atoms with Gasteiger partial charge in [-0.1, -0.05) is 25.4 Å². The predicted molar refractivity (Wildman–Crippen MR) is 93.7 cm³/mol. The summed E-state index contributed by atoms with van der Waals surface area (Å²) >= 11 is 6.11. The summed E-state index contributed by atoms with van der Waals surface area (Å²) < 4.78 is 25.1. The van der Waals surface area contributed by atoms with E-state index in [2.05, 4.69) is 10.6 Å². The average Bonchev–Trinajstić information content (AvgIpc) is 2.86. The van der Waals surface area contributed by atoms with Crippen LogP contribution in [-0.4, -0.2) is 39.1 Å². The van der Waals surface area contributed by atoms with E-state index in [1.54, 1.807) is 6.07 Å². The molecule has 2 N–H and O–H groups in total. The number of nitrogens with zero attached hydrogens (tertiary/aromatic N) is 1. The maximum Gasteiger partial charge on any atom is 0.313 e. The molecule has 1 aliphatic heterocycles. The molecule has 0 radical (unpaired) electrons. The van der Waals surface area contributed by atoms with E-state index in [-0.39, 0.29) is 22.4 Å². The van der Waals surface area contributed by atoms with Crippen LogP contribution < -0.4 is 14.9 Å². The second-order valence-corrected chi connectivity index (χ2v) is 8.38. The molecule has 1 heterocycles. The molecule has 9 heteroatoms. The first-order chi connectivity index (χ1) is 11.2. The van der Waals surface area contributed by atoms with Gasteiger partial charge in [0.1, 0.15) is 0 Å². The summed E-state index contributed by atoms with van der Waals surface area (Å²) in [4.78, 5) is 23.5. The largest absolute Gasteiger partial charge is 0.348 e. The molecule has 24 heavy (non-hydrogen) atoms. The number of nitrogens with one attached hydrogen (secondary N) is 2. The van der Waals surface area contributed by atoms with Crippen LogP contribution in [0.1, 0.15) is 20.3 Å². The number of hydrogen-bond donors (Lipinski definition) is 2. The van der Waals surface area contributed by atoms with Crippen molar-refractivity contribution in [2.24, 2.45) is 5.92 Å². The third-order valence-corrected chi connectivity index (χ3v) is 5.65. The first-order valence-corrected chi connectivity index (χ1v) is 9.58. The van der Waals surface area contributed by atoms with E-state index in [0.29, 0.717) is 25.2 Å². The van der Waals surface area contributed by atoms with Gasteiger partial charge >= 0.3 is 11.8 Å². The normalized spacial score (nSPS) is 16.2. The molecule has 0 bridgehead atoms. The zero-order valence-electron chi connectivity index (χ0n) is 13.5. The van der Waals surface area contributed by atoms with E-state index in [9.17, 15) is 18.0 Å². The van der Waals surface area contributed by atoms with Crippen LogP contribution in [0.4, 0.5) is 11.4 Å². The van der Waals surface area contributed by atoms with E-state index in [4.69, 9.17) is 11.6 Å². The number of sulfonamides is 1. The number of benzene rings is 1. The van der Waals surface area contributed by atoms with Gasteiger partial charge < -0.3 is 10.6 Å². The van der Waals surface area contributed by atoms with Crippen LogP contribution in [0.25, 0.3) is 0 Å². The summed E-state index contributed by atoms with van der Waals surface area (Å²) in [7, 11) is -3.30. The Kier molecular flexibility index (Phi) is 5.71. The fraction of sp³-hybridized carbons (Fsp3) is 0.467. The van der Waals surface area contributed by atoms with Gasteiger partial charge in [-0.2, -0.15) is 0 Å². The van der Waals surface area contributed by atoms with E-state index in [1.807, 2.05) is 13.8 Å². The first kappa shape index (κ1) is 18.5. The highest BCUT2D eigenvalue weighted by molar-refractivity contribution is 7.93. The van der Waals surface area contributed by atoms with Crippen LogP contribution in [0.15, 0.2) is 18.2 Å². The molecule has 132 valence electrons. The molecule has 1 aromatic carbocycles. The van der Waals surface area contributed by atoms with Gasteiger partial charge in [-0.05, 0) is 30.5 Å². The third-order valence-electron chi connectivity index (χ3n) is 3.47. The van der Waals surface area contributed by atoms with Crippen molar-refractivity contribution in [3.63, 3.8) is 0 Å². The van der Waals surface area contributed by atoms with Gasteiger partial charge in [0.05, 0.1) is 22.2 Å². The molecular formula is C15H20ClN3O4S. The Balaban J connectivity index is 2.08. The third kappa shape index (κ3) is 4.39. The van der Waals surface area contributed by atoms with Crippen LogP contribution >= 0.6 is 11.6 Å². The second-order valence-electron chi connectivity index (χ2n) is 5.96. The van der Waals surface area contributed by atoms with Crippen molar-refractivity contribution in [1.82, 2.24) is 5.32 Å². The molecule has 0 spiro atoms. The molecule has 1 fully saturated rings. The number of amides is 2. The van der Waals surface area contributed by atoms with E-state index in [1.165, 1.54) is 16.4 Å². The predicted octanol–water partition coefficient (Wildman–Crippen LogP) is 1.59. The van der Waals surface area contributed by atoms with Gasteiger partial charge in [-0.3, -0.25) is 13.9 Å². The molecule has 0 atom stereocenters. The first-order valence-electron chi connectivity index (χ1n) is 7.60. The van der Waals surface area contributed by atoms with Crippen molar-refractivity contribution < 1.29 is 18.0 Å². The number of carbonyl (C=O) groups excluding carboxylic acids is 2. The molecule has 2 amide bonds. The minimum Gasteiger partial charge on any atom is -0.348 e. The Hall–Kier alpha value is -1.80. The minimum absolute atomic E-state index is 0.110. The van der Waals surface area contributed by atoms with Crippen molar-refractivity contribution >= 4 is 44.8 Å². The molecule has 2 rings (SSSR count). The Bertz CT molecular complexity index is 749. The fourth-order valence-corrected chi connectivity index (χ4v) is 4.02. The Labute approximate surface area is 146 Å². The summed E-state index contributed by atoms with van der Waals surface area (Å²) in [5.41, 5.74) is 0.696. The van der Waals surface area contributed by atoms with Gasteiger partial charge in [0, 0.05) is 13.1 Å². The SMILES string of the molecule is CC(C)CNC(=O)C(=O)Nc1ccc(N2CCCS2(=O)=O)cc1Cl. The standard InChI is InChI=1S/C15H20ClN3O4S/c1-10(2)9-17-14(20)15(21)18-13-5-4-11(8-12(13)16)19-6-3-7-24(19,22)23/h4-5,8,10H,3,6-7,9H2,1-2H3,(H,17,20)(H,18,21). The highest BCUT2D eigenvalue weighted by Crippen LogP contribution is 2.31. The maximum atomic E-state index is 11.9. The lowest BCUT2D eigenvalue weighted by molar-refractivity contribution is -0.136. The van der Waals surface area contributed by atoms with Crippen LogP contribution in [0.3, 0.4) is 0 Å². The lowest BCUT2D eigenvalue weighted by Crippen LogP contribution is -2.37. The van der Waals surface area contributed by atoms with Crippen molar-refractivity contribution in [3.05, 3.63) is 23.2 Å². The van der Waals surface area contributed by atoms with Gasteiger partial charge in [0.15, 0.2) is 0 Å². The highest BCUT2D eigenvalue weighted by atomic mass is 35.5. The summed E-state index contributed by atoms with van der Waals surface area (Å²) in [5, 5.41) is 5.09. The summed E-state index contributed by atoms with van der Waals surface area (Å²) in [6.07, 6.45) is 0.564. The molecule has 7 nitrogen and oxygen atoms in total. The topological polar surface area (TPSA) is 95.6 Å². The fourth-order valence-electron chi connectivity index (χ4n) is 2.25. The van der Waals surface area contributed by atoms with E-state index in [0.717, 1.165) is 0 Å². The molecular weight excluding hydrogens is 354 g/mol. The molecule has 0 unspecified atom stereocenters. The summed E-state index contributed by atoms with van der Waals surface area (Å²) in [5.74, 6) is -1.23. The summed E-state index contributed by atoms with van der Waals surface area (Å²) in [6, 6.07) is 4.50. The molecule has 1 aliphatic rings. The maximum absolute atomic E-state index is 11.9. The van der Waals surface area contributed by atoms with Crippen LogP contribution in [0.5, 0.6) is 0 Å². The lowest BCUT2D eigenvalue weighted by atomic mass is 10.2. The number of hydrogen-bond acceptors (Lipinski definition) is 4. The number of rotatable bonds is 4. The minimum atomic E-state index is -3.30. The highest BCUT2D eigenvalue weighted by Gasteiger charge is 2.28.